The monoisotopic (exact) mass is 534 g/mol. The van der Waals surface area contributed by atoms with E-state index in [1.54, 1.807) is 35.2 Å². The van der Waals surface area contributed by atoms with E-state index in [4.69, 9.17) is 16.6 Å². The summed E-state index contributed by atoms with van der Waals surface area (Å²) in [5.41, 5.74) is 4.36. The number of nitrogens with one attached hydrogen (secondary N) is 3. The van der Waals surface area contributed by atoms with Gasteiger partial charge in [0.2, 0.25) is 5.91 Å². The number of carbonyl (C=O) groups excluding carboxylic acids is 1. The topological polar surface area (TPSA) is 124 Å². The number of likely N-dealkylation sites (N-methyl/N-ethyl adjacent to an activating group) is 1. The third-order valence-corrected chi connectivity index (χ3v) is 8.42. The molecule has 3 aromatic carbocycles. The number of hydrogen-bond donors (Lipinski definition) is 3. The van der Waals surface area contributed by atoms with Crippen LogP contribution in [0.25, 0.3) is 33.5 Å². The third-order valence-electron chi connectivity index (χ3n) is 6.81. The van der Waals surface area contributed by atoms with Gasteiger partial charge in [0.15, 0.2) is 5.82 Å². The maximum absolute atomic E-state index is 12.9. The molecule has 188 valence electrons. The second kappa shape index (κ2) is 8.06. The quantitative estimate of drug-likeness (QED) is 0.286. The lowest BCUT2D eigenvalue weighted by Crippen LogP contribution is -2.35. The number of rotatable bonds is 5. The molecule has 0 spiro atoms. The van der Waals surface area contributed by atoms with Crippen LogP contribution in [0.5, 0.6) is 0 Å². The molecule has 0 atom stereocenters. The second-order valence-electron chi connectivity index (χ2n) is 9.54. The number of halogens is 1. The molecule has 5 aromatic rings. The minimum Gasteiger partial charge on any atom is -0.337 e. The predicted octanol–water partition coefficient (Wildman–Crippen LogP) is 5.20. The van der Waals surface area contributed by atoms with E-state index in [9.17, 15) is 13.2 Å². The standard InChI is InChI=1S/C26H23ClN6O3S/c1-4-33-22-13-21-20(12-18(22)26(2,3)25(33)34)28-24(29-21)23-17-11-15(8-9-19(17)30-31-23)32-37(35,36)16-7-5-6-14(27)10-16/h5-13,32H,4H2,1-3H3,(H,28,29)(H,30,31). The van der Waals surface area contributed by atoms with Crippen molar-refractivity contribution in [3.63, 3.8) is 0 Å². The van der Waals surface area contributed by atoms with Crippen LogP contribution in [-0.4, -0.2) is 41.0 Å². The molecule has 0 saturated carbocycles. The van der Waals surface area contributed by atoms with Crippen molar-refractivity contribution in [3.05, 3.63) is 65.2 Å². The van der Waals surface area contributed by atoms with Crippen molar-refractivity contribution in [1.29, 1.82) is 0 Å². The summed E-state index contributed by atoms with van der Waals surface area (Å²) in [4.78, 5) is 22.8. The van der Waals surface area contributed by atoms with Crippen LogP contribution >= 0.6 is 11.6 Å². The Morgan fingerprint density at radius 1 is 1.08 bits per heavy atom. The molecular formula is C26H23ClN6O3S. The molecule has 1 aliphatic heterocycles. The van der Waals surface area contributed by atoms with Crippen molar-refractivity contribution >= 4 is 60.8 Å². The Kier molecular flexibility index (Phi) is 5.12. The molecule has 0 aliphatic carbocycles. The van der Waals surface area contributed by atoms with Crippen molar-refractivity contribution < 1.29 is 13.2 Å². The number of nitrogens with zero attached hydrogens (tertiary/aromatic N) is 3. The molecule has 1 amide bonds. The van der Waals surface area contributed by atoms with Gasteiger partial charge in [-0.3, -0.25) is 14.6 Å². The van der Waals surface area contributed by atoms with Gasteiger partial charge in [-0.25, -0.2) is 13.4 Å². The van der Waals surface area contributed by atoms with Gasteiger partial charge in [-0.05, 0) is 74.9 Å². The SMILES string of the molecule is CCN1C(=O)C(C)(C)c2cc3[nH]c(-c4n[nH]c5ccc(NS(=O)(=O)c6cccc(Cl)c6)cc45)nc3cc21. The predicted molar refractivity (Wildman–Crippen MR) is 144 cm³/mol. The lowest BCUT2D eigenvalue weighted by atomic mass is 9.86. The fourth-order valence-corrected chi connectivity index (χ4v) is 6.21. The van der Waals surface area contributed by atoms with E-state index in [1.807, 2.05) is 32.9 Å². The van der Waals surface area contributed by atoms with E-state index in [2.05, 4.69) is 19.9 Å². The van der Waals surface area contributed by atoms with Gasteiger partial charge >= 0.3 is 0 Å². The Morgan fingerprint density at radius 2 is 1.89 bits per heavy atom. The minimum absolute atomic E-state index is 0.0698. The fraction of sp³-hybridized carbons (Fsp3) is 0.192. The van der Waals surface area contributed by atoms with E-state index in [1.165, 1.54) is 12.1 Å². The van der Waals surface area contributed by atoms with Crippen LogP contribution in [-0.2, 0) is 20.2 Å². The number of carbonyl (C=O) groups is 1. The summed E-state index contributed by atoms with van der Waals surface area (Å²) >= 11 is 5.98. The molecule has 0 fully saturated rings. The van der Waals surface area contributed by atoms with Gasteiger partial charge in [0.05, 0.1) is 32.5 Å². The lowest BCUT2D eigenvalue weighted by molar-refractivity contribution is -0.122. The zero-order chi connectivity index (χ0) is 26.1. The first-order valence-electron chi connectivity index (χ1n) is 11.7. The van der Waals surface area contributed by atoms with Gasteiger partial charge in [0, 0.05) is 22.6 Å². The first kappa shape index (κ1) is 23.5. The van der Waals surface area contributed by atoms with Crippen LogP contribution < -0.4 is 9.62 Å². The molecule has 2 aromatic heterocycles. The van der Waals surface area contributed by atoms with Crippen LogP contribution in [0, 0.1) is 0 Å². The molecule has 11 heteroatoms. The van der Waals surface area contributed by atoms with Gasteiger partial charge < -0.3 is 9.88 Å². The Morgan fingerprint density at radius 3 is 2.65 bits per heavy atom. The zero-order valence-corrected chi connectivity index (χ0v) is 21.8. The van der Waals surface area contributed by atoms with E-state index < -0.39 is 15.4 Å². The average molecular weight is 535 g/mol. The highest BCUT2D eigenvalue weighted by atomic mass is 35.5. The molecule has 37 heavy (non-hydrogen) atoms. The zero-order valence-electron chi connectivity index (χ0n) is 20.3. The number of H-pyrrole nitrogens is 2. The maximum Gasteiger partial charge on any atom is 0.261 e. The molecule has 1 aliphatic rings. The summed E-state index contributed by atoms with van der Waals surface area (Å²) in [5.74, 6) is 0.607. The number of aromatic amines is 2. The van der Waals surface area contributed by atoms with Crippen molar-refractivity contribution in [2.24, 2.45) is 0 Å². The number of aromatic nitrogens is 4. The van der Waals surface area contributed by atoms with Crippen LogP contribution in [0.3, 0.4) is 0 Å². The first-order chi connectivity index (χ1) is 17.6. The van der Waals surface area contributed by atoms with E-state index >= 15 is 0 Å². The van der Waals surface area contributed by atoms with Crippen molar-refractivity contribution in [3.8, 4) is 11.5 Å². The Bertz CT molecular complexity index is 1840. The van der Waals surface area contributed by atoms with Crippen molar-refractivity contribution in [2.75, 3.05) is 16.2 Å². The number of benzene rings is 3. The van der Waals surface area contributed by atoms with Crippen LogP contribution in [0.1, 0.15) is 26.3 Å². The van der Waals surface area contributed by atoms with Crippen molar-refractivity contribution in [1.82, 2.24) is 20.2 Å². The van der Waals surface area contributed by atoms with Gasteiger partial charge in [-0.2, -0.15) is 5.10 Å². The van der Waals surface area contributed by atoms with Gasteiger partial charge in [0.1, 0.15) is 5.69 Å². The number of amides is 1. The molecule has 0 radical (unpaired) electrons. The minimum atomic E-state index is -3.84. The Balaban J connectivity index is 1.41. The Hall–Kier alpha value is -3.89. The van der Waals surface area contributed by atoms with Crippen molar-refractivity contribution in [2.45, 2.75) is 31.1 Å². The molecule has 3 heterocycles. The summed E-state index contributed by atoms with van der Waals surface area (Å²) < 4.78 is 28.4. The van der Waals surface area contributed by atoms with E-state index in [0.717, 1.165) is 22.3 Å². The number of imidazole rings is 1. The summed E-state index contributed by atoms with van der Waals surface area (Å²) in [6, 6.07) is 15.1. The van der Waals surface area contributed by atoms with Gasteiger partial charge in [0.25, 0.3) is 10.0 Å². The van der Waals surface area contributed by atoms with Gasteiger partial charge in [-0.15, -0.1) is 0 Å². The van der Waals surface area contributed by atoms with Crippen LogP contribution in [0.15, 0.2) is 59.5 Å². The number of fused-ring (bicyclic) bond motifs is 3. The first-order valence-corrected chi connectivity index (χ1v) is 13.6. The molecule has 0 bridgehead atoms. The number of anilines is 2. The number of hydrogen-bond acceptors (Lipinski definition) is 5. The third kappa shape index (κ3) is 3.67. The largest absolute Gasteiger partial charge is 0.337 e. The maximum atomic E-state index is 12.9. The second-order valence-corrected chi connectivity index (χ2v) is 11.7. The van der Waals surface area contributed by atoms with Gasteiger partial charge in [-0.1, -0.05) is 17.7 Å². The highest BCUT2D eigenvalue weighted by Crippen LogP contribution is 2.43. The summed E-state index contributed by atoms with van der Waals surface area (Å²) in [5, 5.41) is 8.46. The Labute approximate surface area is 217 Å². The molecule has 9 nitrogen and oxygen atoms in total. The van der Waals surface area contributed by atoms with E-state index in [-0.39, 0.29) is 10.8 Å². The molecule has 0 unspecified atom stereocenters. The van der Waals surface area contributed by atoms with Crippen LogP contribution in [0.4, 0.5) is 11.4 Å². The lowest BCUT2D eigenvalue weighted by Gasteiger charge is -2.18. The molecular weight excluding hydrogens is 512 g/mol. The molecule has 0 saturated heterocycles. The van der Waals surface area contributed by atoms with Crippen LogP contribution in [0.2, 0.25) is 5.02 Å². The molecule has 6 rings (SSSR count). The smallest absolute Gasteiger partial charge is 0.261 e. The highest BCUT2D eigenvalue weighted by molar-refractivity contribution is 7.92. The normalized spacial score (nSPS) is 15.0. The summed E-state index contributed by atoms with van der Waals surface area (Å²) in [6.45, 7) is 6.40. The summed E-state index contributed by atoms with van der Waals surface area (Å²) in [7, 11) is -3.84. The fourth-order valence-electron chi connectivity index (χ4n) is 4.86. The van der Waals surface area contributed by atoms with E-state index in [0.29, 0.717) is 39.7 Å². The molecule has 3 N–H and O–H groups in total. The highest BCUT2D eigenvalue weighted by Gasteiger charge is 2.43. The summed E-state index contributed by atoms with van der Waals surface area (Å²) in [6.07, 6.45) is 0. The average Bonchev–Trinajstić information content (AvgIpc) is 3.51. The number of sulfonamides is 1.